The molecular formula is C10H17N3S2. The largest absolute Gasteiger partial charge is 0.316 e. The zero-order valence-corrected chi connectivity index (χ0v) is 10.7. The van der Waals surface area contributed by atoms with Crippen LogP contribution in [0.4, 0.5) is 0 Å². The van der Waals surface area contributed by atoms with Gasteiger partial charge in [0.1, 0.15) is 5.82 Å². The predicted octanol–water partition coefficient (Wildman–Crippen LogP) is 2.19. The highest BCUT2D eigenvalue weighted by Crippen LogP contribution is 2.27. The van der Waals surface area contributed by atoms with E-state index in [1.165, 1.54) is 30.9 Å². The first-order chi connectivity index (χ1) is 7.38. The Morgan fingerprint density at radius 3 is 3.07 bits per heavy atom. The van der Waals surface area contributed by atoms with Crippen LogP contribution in [0.1, 0.15) is 25.6 Å². The summed E-state index contributed by atoms with van der Waals surface area (Å²) in [5, 5.41) is 3.47. The Balaban J connectivity index is 1.56. The Bertz CT molecular complexity index is 297. The summed E-state index contributed by atoms with van der Waals surface area (Å²) in [4.78, 5) is 4.42. The molecule has 0 atom stereocenters. The Kier molecular flexibility index (Phi) is 4.41. The molecule has 1 aliphatic rings. The van der Waals surface area contributed by atoms with Crippen LogP contribution in [0.5, 0.6) is 0 Å². The van der Waals surface area contributed by atoms with Crippen molar-refractivity contribution >= 4 is 23.3 Å². The monoisotopic (exact) mass is 243 g/mol. The van der Waals surface area contributed by atoms with E-state index in [1.807, 2.05) is 11.8 Å². The first-order valence-corrected chi connectivity index (χ1v) is 7.30. The van der Waals surface area contributed by atoms with Gasteiger partial charge < -0.3 is 5.32 Å². The predicted molar refractivity (Wildman–Crippen MR) is 65.6 cm³/mol. The lowest BCUT2D eigenvalue weighted by molar-refractivity contribution is 0.666. The third-order valence-electron chi connectivity index (χ3n) is 2.40. The van der Waals surface area contributed by atoms with Gasteiger partial charge in [0, 0.05) is 18.7 Å². The third-order valence-corrected chi connectivity index (χ3v) is 4.27. The topological polar surface area (TPSA) is 37.8 Å². The maximum atomic E-state index is 4.42. The Morgan fingerprint density at radius 1 is 1.53 bits per heavy atom. The average Bonchev–Trinajstić information content (AvgIpc) is 2.96. The smallest absolute Gasteiger partial charge is 0.170 e. The standard InChI is InChI=1S/C10H17N3S2/c1-2-9-12-10(15-13-9)14-6-5-11-7-8-3-4-8/h8,11H,2-7H2,1H3. The van der Waals surface area contributed by atoms with Crippen LogP contribution in [0.3, 0.4) is 0 Å². The fraction of sp³-hybridized carbons (Fsp3) is 0.800. The van der Waals surface area contributed by atoms with Gasteiger partial charge in [-0.2, -0.15) is 4.37 Å². The van der Waals surface area contributed by atoms with Crippen molar-refractivity contribution in [3.05, 3.63) is 5.82 Å². The molecule has 0 aliphatic heterocycles. The molecule has 5 heteroatoms. The van der Waals surface area contributed by atoms with Crippen molar-refractivity contribution in [3.63, 3.8) is 0 Å². The van der Waals surface area contributed by atoms with Crippen LogP contribution < -0.4 is 5.32 Å². The lowest BCUT2D eigenvalue weighted by Crippen LogP contribution is -2.19. The highest BCUT2D eigenvalue weighted by Gasteiger charge is 2.19. The number of thioether (sulfide) groups is 1. The van der Waals surface area contributed by atoms with Crippen molar-refractivity contribution in [1.29, 1.82) is 0 Å². The van der Waals surface area contributed by atoms with Gasteiger partial charge in [0.2, 0.25) is 0 Å². The van der Waals surface area contributed by atoms with E-state index in [9.17, 15) is 0 Å². The summed E-state index contributed by atoms with van der Waals surface area (Å²) in [6.45, 7) is 4.38. The van der Waals surface area contributed by atoms with Crippen LogP contribution in [0.15, 0.2) is 4.34 Å². The van der Waals surface area contributed by atoms with E-state index in [0.29, 0.717) is 0 Å². The van der Waals surface area contributed by atoms with Crippen molar-refractivity contribution in [2.24, 2.45) is 5.92 Å². The molecule has 0 radical (unpaired) electrons. The second-order valence-electron chi connectivity index (χ2n) is 3.83. The van der Waals surface area contributed by atoms with Gasteiger partial charge in [0.15, 0.2) is 4.34 Å². The van der Waals surface area contributed by atoms with E-state index >= 15 is 0 Å². The maximum absolute atomic E-state index is 4.42. The average molecular weight is 243 g/mol. The number of aryl methyl sites for hydroxylation is 1. The van der Waals surface area contributed by atoms with E-state index in [4.69, 9.17) is 0 Å². The molecule has 3 nitrogen and oxygen atoms in total. The Morgan fingerprint density at radius 2 is 2.40 bits per heavy atom. The lowest BCUT2D eigenvalue weighted by Gasteiger charge is -2.00. The molecule has 1 aliphatic carbocycles. The van der Waals surface area contributed by atoms with E-state index in [1.54, 1.807) is 0 Å². The van der Waals surface area contributed by atoms with Crippen LogP contribution >= 0.6 is 23.3 Å². The highest BCUT2D eigenvalue weighted by atomic mass is 32.2. The van der Waals surface area contributed by atoms with Gasteiger partial charge in [-0.05, 0) is 36.8 Å². The molecule has 15 heavy (non-hydrogen) atoms. The first-order valence-electron chi connectivity index (χ1n) is 5.54. The molecule has 1 heterocycles. The van der Waals surface area contributed by atoms with Gasteiger partial charge in [-0.25, -0.2) is 4.98 Å². The van der Waals surface area contributed by atoms with Gasteiger partial charge in [-0.1, -0.05) is 18.7 Å². The highest BCUT2D eigenvalue weighted by molar-refractivity contribution is 8.00. The molecule has 1 aromatic rings. The van der Waals surface area contributed by atoms with Crippen LogP contribution in [-0.2, 0) is 6.42 Å². The molecule has 0 unspecified atom stereocenters. The van der Waals surface area contributed by atoms with Crippen molar-refractivity contribution in [3.8, 4) is 0 Å². The van der Waals surface area contributed by atoms with Crippen LogP contribution in [-0.4, -0.2) is 28.2 Å². The zero-order chi connectivity index (χ0) is 10.5. The summed E-state index contributed by atoms with van der Waals surface area (Å²) in [5.74, 6) is 3.06. The summed E-state index contributed by atoms with van der Waals surface area (Å²) in [6.07, 6.45) is 3.80. The lowest BCUT2D eigenvalue weighted by atomic mass is 10.4. The summed E-state index contributed by atoms with van der Waals surface area (Å²) in [5.41, 5.74) is 0. The summed E-state index contributed by atoms with van der Waals surface area (Å²) in [7, 11) is 0. The molecule has 0 saturated heterocycles. The minimum absolute atomic E-state index is 0.941. The van der Waals surface area contributed by atoms with E-state index in [-0.39, 0.29) is 0 Å². The van der Waals surface area contributed by atoms with E-state index in [0.717, 1.165) is 34.8 Å². The summed E-state index contributed by atoms with van der Waals surface area (Å²) in [6, 6.07) is 0. The van der Waals surface area contributed by atoms with Gasteiger partial charge in [-0.3, -0.25) is 0 Å². The van der Waals surface area contributed by atoms with Gasteiger partial charge in [-0.15, -0.1) is 0 Å². The Hall–Kier alpha value is -0.130. The first kappa shape index (κ1) is 11.4. The molecular weight excluding hydrogens is 226 g/mol. The molecule has 1 N–H and O–H groups in total. The molecule has 84 valence electrons. The fourth-order valence-corrected chi connectivity index (χ4v) is 2.94. The van der Waals surface area contributed by atoms with Crippen molar-refractivity contribution < 1.29 is 0 Å². The Labute approximate surface area is 99.2 Å². The number of hydrogen-bond donors (Lipinski definition) is 1. The van der Waals surface area contributed by atoms with Crippen LogP contribution in [0.2, 0.25) is 0 Å². The van der Waals surface area contributed by atoms with Crippen molar-refractivity contribution in [1.82, 2.24) is 14.7 Å². The van der Waals surface area contributed by atoms with Crippen molar-refractivity contribution in [2.45, 2.75) is 30.5 Å². The zero-order valence-electron chi connectivity index (χ0n) is 9.03. The number of rotatable bonds is 7. The van der Waals surface area contributed by atoms with Gasteiger partial charge in [0.05, 0.1) is 0 Å². The molecule has 2 rings (SSSR count). The van der Waals surface area contributed by atoms with E-state index < -0.39 is 0 Å². The molecule has 0 bridgehead atoms. The molecule has 1 aromatic heterocycles. The minimum atomic E-state index is 0.941. The normalized spacial score (nSPS) is 15.8. The molecule has 1 saturated carbocycles. The van der Waals surface area contributed by atoms with Crippen LogP contribution in [0.25, 0.3) is 0 Å². The van der Waals surface area contributed by atoms with E-state index in [2.05, 4.69) is 21.6 Å². The number of nitrogens with one attached hydrogen (secondary N) is 1. The summed E-state index contributed by atoms with van der Waals surface area (Å²) >= 11 is 3.34. The van der Waals surface area contributed by atoms with Gasteiger partial charge in [0.25, 0.3) is 0 Å². The second kappa shape index (κ2) is 5.82. The fourth-order valence-electron chi connectivity index (χ4n) is 1.28. The molecule has 0 aromatic carbocycles. The SMILES string of the molecule is CCc1nsc(SCCNCC2CC2)n1. The molecule has 1 fully saturated rings. The summed E-state index contributed by atoms with van der Waals surface area (Å²) < 4.78 is 5.37. The van der Waals surface area contributed by atoms with Gasteiger partial charge >= 0.3 is 0 Å². The molecule has 0 amide bonds. The minimum Gasteiger partial charge on any atom is -0.316 e. The van der Waals surface area contributed by atoms with Crippen molar-refractivity contribution in [2.75, 3.05) is 18.8 Å². The quantitative estimate of drug-likeness (QED) is 0.588. The maximum Gasteiger partial charge on any atom is 0.170 e. The number of nitrogens with zero attached hydrogens (tertiary/aromatic N) is 2. The molecule has 0 spiro atoms. The number of hydrogen-bond acceptors (Lipinski definition) is 5. The number of aromatic nitrogens is 2. The second-order valence-corrected chi connectivity index (χ2v) is 5.92. The third kappa shape index (κ3) is 4.09. The van der Waals surface area contributed by atoms with Crippen LogP contribution in [0, 0.1) is 5.92 Å².